The lowest BCUT2D eigenvalue weighted by Crippen LogP contribution is -2.35. The normalized spacial score (nSPS) is 12.7. The molecule has 0 aliphatic rings. The highest BCUT2D eigenvalue weighted by atomic mass is 32.2. The van der Waals surface area contributed by atoms with Gasteiger partial charge in [-0.25, -0.2) is 13.1 Å². The molecule has 0 saturated heterocycles. The van der Waals surface area contributed by atoms with Crippen LogP contribution in [0.25, 0.3) is 0 Å². The van der Waals surface area contributed by atoms with E-state index in [1.54, 1.807) is 36.4 Å². The number of nitriles is 1. The average molecular weight is 252 g/mol. The van der Waals surface area contributed by atoms with Crippen molar-refractivity contribution in [3.05, 3.63) is 35.9 Å². The first-order valence-corrected chi connectivity index (χ1v) is 6.48. The van der Waals surface area contributed by atoms with Crippen molar-refractivity contribution < 1.29 is 13.2 Å². The van der Waals surface area contributed by atoms with Gasteiger partial charge >= 0.3 is 0 Å². The molecule has 0 aromatic heterocycles. The molecular weight excluding hydrogens is 240 g/mol. The molecule has 1 rings (SSSR count). The molecule has 0 heterocycles. The predicted octanol–water partition coefficient (Wildman–Crippen LogP) is 0.701. The molecule has 1 aromatic carbocycles. The molecule has 0 fully saturated rings. The summed E-state index contributed by atoms with van der Waals surface area (Å²) in [5.41, 5.74) is 0.430. The number of nitrogens with one attached hydrogen (secondary N) is 1. The van der Waals surface area contributed by atoms with E-state index in [-0.39, 0.29) is 12.3 Å². The molecular formula is C11H12N2O3S. The van der Waals surface area contributed by atoms with Gasteiger partial charge in [-0.15, -0.1) is 0 Å². The Morgan fingerprint density at radius 3 is 2.53 bits per heavy atom. The first-order valence-electron chi connectivity index (χ1n) is 4.93. The van der Waals surface area contributed by atoms with E-state index in [1.165, 1.54) is 6.92 Å². The maximum Gasteiger partial charge on any atom is 0.228 e. The fraction of sp³-hybridized carbons (Fsp3) is 0.273. The molecule has 1 atom stereocenters. The summed E-state index contributed by atoms with van der Waals surface area (Å²) in [6.07, 6.45) is 0. The van der Waals surface area contributed by atoms with E-state index in [2.05, 4.69) is 4.72 Å². The molecule has 1 aromatic rings. The number of hydrogen-bond donors (Lipinski definition) is 1. The fourth-order valence-corrected chi connectivity index (χ4v) is 1.81. The summed E-state index contributed by atoms with van der Waals surface area (Å²) in [5, 5.41) is 7.32. The van der Waals surface area contributed by atoms with Gasteiger partial charge in [-0.05, 0) is 6.92 Å². The fourth-order valence-electron chi connectivity index (χ4n) is 1.09. The van der Waals surface area contributed by atoms with Gasteiger partial charge in [0.15, 0.2) is 11.0 Å². The van der Waals surface area contributed by atoms with Crippen LogP contribution >= 0.6 is 0 Å². The number of ketones is 1. The molecule has 6 heteroatoms. The Labute approximate surface area is 100 Å². The third-order valence-corrected chi connectivity index (χ3v) is 3.76. The summed E-state index contributed by atoms with van der Waals surface area (Å²) >= 11 is 0. The van der Waals surface area contributed by atoms with Gasteiger partial charge in [0.2, 0.25) is 10.0 Å². The van der Waals surface area contributed by atoms with Crippen molar-refractivity contribution in [3.63, 3.8) is 0 Å². The smallest absolute Gasteiger partial charge is 0.228 e. The number of carbonyl (C=O) groups excluding carboxylic acids is 1. The number of carbonyl (C=O) groups is 1. The molecule has 0 aliphatic heterocycles. The third kappa shape index (κ3) is 3.66. The second-order valence-electron chi connectivity index (χ2n) is 3.43. The van der Waals surface area contributed by atoms with Crippen molar-refractivity contribution in [2.45, 2.75) is 12.2 Å². The van der Waals surface area contributed by atoms with Crippen molar-refractivity contribution in [1.82, 2.24) is 4.72 Å². The minimum Gasteiger partial charge on any atom is -0.293 e. The lowest BCUT2D eigenvalue weighted by molar-refractivity contribution is 0.0997. The van der Waals surface area contributed by atoms with Gasteiger partial charge in [0, 0.05) is 5.56 Å². The summed E-state index contributed by atoms with van der Waals surface area (Å²) < 4.78 is 24.9. The molecule has 0 saturated carbocycles. The quantitative estimate of drug-likeness (QED) is 0.781. The Bertz CT molecular complexity index is 532. The van der Waals surface area contributed by atoms with Crippen LogP contribution in [-0.2, 0) is 10.0 Å². The van der Waals surface area contributed by atoms with Crippen LogP contribution in [0.1, 0.15) is 17.3 Å². The number of Topliss-reactive ketones (excluding diaryl/α,β-unsaturated/α-hetero) is 1. The molecule has 0 bridgehead atoms. The topological polar surface area (TPSA) is 87.0 Å². The molecule has 1 N–H and O–H groups in total. The maximum atomic E-state index is 11.6. The molecule has 1 unspecified atom stereocenters. The predicted molar refractivity (Wildman–Crippen MR) is 62.8 cm³/mol. The van der Waals surface area contributed by atoms with Crippen LogP contribution in [0.5, 0.6) is 0 Å². The Kier molecular flexibility index (Phi) is 4.37. The number of sulfonamides is 1. The standard InChI is InChI=1S/C11H12N2O3S/c1-9(7-12)17(15,16)13-8-11(14)10-5-3-2-4-6-10/h2-6,9,13H,8H2,1H3. The summed E-state index contributed by atoms with van der Waals surface area (Å²) in [6, 6.07) is 9.96. The van der Waals surface area contributed by atoms with Gasteiger partial charge < -0.3 is 0 Å². The van der Waals surface area contributed by atoms with E-state index in [1.807, 2.05) is 0 Å². The van der Waals surface area contributed by atoms with Crippen molar-refractivity contribution in [2.24, 2.45) is 0 Å². The average Bonchev–Trinajstić information content (AvgIpc) is 2.36. The maximum absolute atomic E-state index is 11.6. The number of hydrogen-bond acceptors (Lipinski definition) is 4. The van der Waals surface area contributed by atoms with E-state index < -0.39 is 15.3 Å². The van der Waals surface area contributed by atoms with E-state index >= 15 is 0 Å². The Hall–Kier alpha value is -1.71. The molecule has 0 spiro atoms. The van der Waals surface area contributed by atoms with Crippen LogP contribution in [0.2, 0.25) is 0 Å². The number of nitrogens with zero attached hydrogens (tertiary/aromatic N) is 1. The van der Waals surface area contributed by atoms with Gasteiger partial charge in [-0.3, -0.25) is 4.79 Å². The second kappa shape index (κ2) is 5.57. The molecule has 17 heavy (non-hydrogen) atoms. The summed E-state index contributed by atoms with van der Waals surface area (Å²) in [6.45, 7) is 0.924. The molecule has 0 radical (unpaired) electrons. The third-order valence-electron chi connectivity index (χ3n) is 2.18. The first-order chi connectivity index (χ1) is 7.97. The van der Waals surface area contributed by atoms with Gasteiger partial charge in [0.05, 0.1) is 12.6 Å². The van der Waals surface area contributed by atoms with Crippen LogP contribution < -0.4 is 4.72 Å². The lowest BCUT2D eigenvalue weighted by atomic mass is 10.1. The van der Waals surface area contributed by atoms with Crippen LogP contribution in [-0.4, -0.2) is 26.0 Å². The SMILES string of the molecule is CC(C#N)S(=O)(=O)NCC(=O)c1ccccc1. The first kappa shape index (κ1) is 13.4. The highest BCUT2D eigenvalue weighted by molar-refractivity contribution is 7.90. The Morgan fingerprint density at radius 2 is 2.00 bits per heavy atom. The van der Waals surface area contributed by atoms with Crippen molar-refractivity contribution in [3.8, 4) is 6.07 Å². The van der Waals surface area contributed by atoms with Gasteiger partial charge in [0.25, 0.3) is 0 Å². The van der Waals surface area contributed by atoms with Crippen LogP contribution in [0.15, 0.2) is 30.3 Å². The molecule has 0 amide bonds. The van der Waals surface area contributed by atoms with E-state index in [9.17, 15) is 13.2 Å². The van der Waals surface area contributed by atoms with E-state index in [0.717, 1.165) is 0 Å². The molecule has 5 nitrogen and oxygen atoms in total. The van der Waals surface area contributed by atoms with Gasteiger partial charge in [-0.1, -0.05) is 30.3 Å². The zero-order valence-electron chi connectivity index (χ0n) is 9.25. The van der Waals surface area contributed by atoms with Gasteiger partial charge in [0.1, 0.15) is 0 Å². The van der Waals surface area contributed by atoms with Crippen LogP contribution in [0, 0.1) is 11.3 Å². The largest absolute Gasteiger partial charge is 0.293 e. The van der Waals surface area contributed by atoms with Crippen LogP contribution in [0.4, 0.5) is 0 Å². The van der Waals surface area contributed by atoms with Crippen molar-refractivity contribution in [2.75, 3.05) is 6.54 Å². The van der Waals surface area contributed by atoms with Gasteiger partial charge in [-0.2, -0.15) is 5.26 Å². The van der Waals surface area contributed by atoms with E-state index in [0.29, 0.717) is 5.56 Å². The van der Waals surface area contributed by atoms with Crippen LogP contribution in [0.3, 0.4) is 0 Å². The lowest BCUT2D eigenvalue weighted by Gasteiger charge is -2.07. The summed E-state index contributed by atoms with van der Waals surface area (Å²) in [7, 11) is -3.75. The van der Waals surface area contributed by atoms with E-state index in [4.69, 9.17) is 5.26 Å². The second-order valence-corrected chi connectivity index (χ2v) is 5.51. The molecule has 0 aliphatic carbocycles. The van der Waals surface area contributed by atoms with Crippen molar-refractivity contribution in [1.29, 1.82) is 5.26 Å². The van der Waals surface area contributed by atoms with Crippen molar-refractivity contribution >= 4 is 15.8 Å². The Morgan fingerprint density at radius 1 is 1.41 bits per heavy atom. The molecule has 90 valence electrons. The summed E-state index contributed by atoms with van der Waals surface area (Å²) in [4.78, 5) is 11.6. The summed E-state index contributed by atoms with van der Waals surface area (Å²) in [5.74, 6) is -0.334. The Balaban J connectivity index is 2.65. The zero-order chi connectivity index (χ0) is 12.9. The highest BCUT2D eigenvalue weighted by Gasteiger charge is 2.20. The highest BCUT2D eigenvalue weighted by Crippen LogP contribution is 2.01. The zero-order valence-corrected chi connectivity index (χ0v) is 10.1. The monoisotopic (exact) mass is 252 g/mol. The number of rotatable bonds is 5. The minimum atomic E-state index is -3.75. The minimum absolute atomic E-state index is 0.334. The number of benzene rings is 1.